The summed E-state index contributed by atoms with van der Waals surface area (Å²) in [5, 5.41) is 5.04. The summed E-state index contributed by atoms with van der Waals surface area (Å²) in [6.07, 6.45) is 2.01. The molecule has 0 N–H and O–H groups in total. The normalized spacial score (nSPS) is 11.6. The van der Waals surface area contributed by atoms with E-state index in [1.165, 1.54) is 49.4 Å². The van der Waals surface area contributed by atoms with E-state index >= 15 is 0 Å². The van der Waals surface area contributed by atoms with E-state index in [0.29, 0.717) is 0 Å². The van der Waals surface area contributed by atoms with E-state index in [2.05, 4.69) is 171 Å². The summed E-state index contributed by atoms with van der Waals surface area (Å²) in [7, 11) is 0. The Labute approximate surface area is 253 Å². The molecule has 43 heavy (non-hydrogen) atoms. The van der Waals surface area contributed by atoms with Gasteiger partial charge in [-0.2, -0.15) is 0 Å². The topological polar surface area (TPSA) is 16.1 Å². The average molecular weight is 555 g/mol. The molecule has 1 aromatic heterocycles. The van der Waals surface area contributed by atoms with E-state index in [1.807, 2.05) is 6.20 Å². The number of aromatic nitrogens is 1. The second kappa shape index (κ2) is 10.9. The van der Waals surface area contributed by atoms with Crippen molar-refractivity contribution in [2.75, 3.05) is 4.90 Å². The van der Waals surface area contributed by atoms with Crippen LogP contribution in [0.4, 0.5) is 17.2 Å². The van der Waals surface area contributed by atoms with E-state index in [4.69, 9.17) is 4.98 Å². The molecule has 0 aliphatic carbocycles. The predicted octanol–water partition coefficient (Wildman–Crippen LogP) is 11.5. The highest BCUT2D eigenvalue weighted by molar-refractivity contribution is 6.21. The Morgan fingerprint density at radius 1 is 0.442 bits per heavy atom. The smallest absolute Gasteiger partial charge is 0.137 e. The maximum atomic E-state index is 4.93. The Morgan fingerprint density at radius 3 is 1.35 bits per heavy atom. The molecule has 0 saturated carbocycles. The van der Waals surface area contributed by atoms with Crippen molar-refractivity contribution in [3.63, 3.8) is 0 Å². The van der Waals surface area contributed by atoms with Crippen LogP contribution in [0.25, 0.3) is 43.8 Å². The summed E-state index contributed by atoms with van der Waals surface area (Å²) in [5.74, 6) is 0.898. The number of benzene rings is 6. The van der Waals surface area contributed by atoms with Crippen LogP contribution in [0, 0.1) is 0 Å². The van der Waals surface area contributed by atoms with Crippen LogP contribution in [-0.4, -0.2) is 4.98 Å². The van der Waals surface area contributed by atoms with Gasteiger partial charge in [0.1, 0.15) is 5.82 Å². The minimum atomic E-state index is 0.0480. The Bertz CT molecular complexity index is 1960. The van der Waals surface area contributed by atoms with Gasteiger partial charge in [0, 0.05) is 17.6 Å². The fourth-order valence-electron chi connectivity index (χ4n) is 6.09. The number of hydrogen-bond donors (Lipinski definition) is 0. The fourth-order valence-corrected chi connectivity index (χ4v) is 6.09. The number of para-hydroxylation sites is 1. The highest BCUT2D eigenvalue weighted by Gasteiger charge is 2.19. The zero-order chi connectivity index (χ0) is 29.4. The van der Waals surface area contributed by atoms with Crippen molar-refractivity contribution in [1.82, 2.24) is 4.98 Å². The molecule has 0 amide bonds. The van der Waals surface area contributed by atoms with Gasteiger partial charge in [0.2, 0.25) is 0 Å². The maximum absolute atomic E-state index is 4.93. The van der Waals surface area contributed by atoms with Crippen LogP contribution in [0.1, 0.15) is 26.3 Å². The molecular formula is C41H34N2. The molecule has 0 atom stereocenters. The molecular weight excluding hydrogens is 520 g/mol. The third-order valence-corrected chi connectivity index (χ3v) is 8.27. The van der Waals surface area contributed by atoms with Gasteiger partial charge in [0.05, 0.1) is 0 Å². The average Bonchev–Trinajstić information content (AvgIpc) is 3.05. The summed E-state index contributed by atoms with van der Waals surface area (Å²) < 4.78 is 0. The third kappa shape index (κ3) is 4.96. The predicted molar refractivity (Wildman–Crippen MR) is 184 cm³/mol. The van der Waals surface area contributed by atoms with Gasteiger partial charge in [-0.3, -0.25) is 4.90 Å². The molecule has 208 valence electrons. The molecule has 7 rings (SSSR count). The van der Waals surface area contributed by atoms with Crippen LogP contribution < -0.4 is 4.90 Å². The van der Waals surface area contributed by atoms with Gasteiger partial charge in [0.15, 0.2) is 0 Å². The van der Waals surface area contributed by atoms with Crippen LogP contribution >= 0.6 is 0 Å². The first-order valence-corrected chi connectivity index (χ1v) is 14.9. The summed E-state index contributed by atoms with van der Waals surface area (Å²) in [6, 6.07) is 52.1. The highest BCUT2D eigenvalue weighted by atomic mass is 15.2. The summed E-state index contributed by atoms with van der Waals surface area (Å²) in [5.41, 5.74) is 8.39. The van der Waals surface area contributed by atoms with E-state index in [0.717, 1.165) is 17.2 Å². The number of rotatable bonds is 5. The lowest BCUT2D eigenvalue weighted by Crippen LogP contribution is -2.14. The first-order chi connectivity index (χ1) is 21.0. The van der Waals surface area contributed by atoms with Crippen molar-refractivity contribution in [3.05, 3.63) is 157 Å². The van der Waals surface area contributed by atoms with Gasteiger partial charge in [0.25, 0.3) is 0 Å². The molecule has 0 fully saturated rings. The Kier molecular flexibility index (Phi) is 6.75. The molecule has 0 aliphatic rings. The standard InChI is InChI=1S/C41H34N2/c1-41(2,3)31-24-27-38(42-28-31)43(32-16-8-5-9-17-32)33-25-22-30(23-26-33)40-36-20-12-10-18-34(36)39(29-14-6-4-7-15-29)35-19-11-13-21-37(35)40/h4-28H,1-3H3. The Hall–Kier alpha value is -5.21. The van der Waals surface area contributed by atoms with Crippen molar-refractivity contribution in [2.45, 2.75) is 26.2 Å². The molecule has 1 heterocycles. The largest absolute Gasteiger partial charge is 0.295 e. The van der Waals surface area contributed by atoms with Crippen LogP contribution in [0.15, 0.2) is 152 Å². The number of hydrogen-bond acceptors (Lipinski definition) is 2. The maximum Gasteiger partial charge on any atom is 0.137 e. The number of fused-ring (bicyclic) bond motifs is 2. The SMILES string of the molecule is CC(C)(C)c1ccc(N(c2ccccc2)c2ccc(-c3c4ccccc4c(-c4ccccc4)c4ccccc34)cc2)nc1. The minimum Gasteiger partial charge on any atom is -0.295 e. The van der Waals surface area contributed by atoms with Crippen molar-refractivity contribution < 1.29 is 0 Å². The lowest BCUT2D eigenvalue weighted by atomic mass is 9.86. The molecule has 0 radical (unpaired) electrons. The van der Waals surface area contributed by atoms with Gasteiger partial charge >= 0.3 is 0 Å². The van der Waals surface area contributed by atoms with E-state index in [-0.39, 0.29) is 5.41 Å². The zero-order valence-corrected chi connectivity index (χ0v) is 24.8. The summed E-state index contributed by atoms with van der Waals surface area (Å²) >= 11 is 0. The van der Waals surface area contributed by atoms with Gasteiger partial charge < -0.3 is 0 Å². The van der Waals surface area contributed by atoms with Crippen LogP contribution in [0.2, 0.25) is 0 Å². The summed E-state index contributed by atoms with van der Waals surface area (Å²) in [6.45, 7) is 6.66. The molecule has 6 aromatic carbocycles. The van der Waals surface area contributed by atoms with E-state index in [9.17, 15) is 0 Å². The zero-order valence-electron chi connectivity index (χ0n) is 24.8. The lowest BCUT2D eigenvalue weighted by molar-refractivity contribution is 0.587. The molecule has 0 aliphatic heterocycles. The monoisotopic (exact) mass is 554 g/mol. The number of nitrogens with zero attached hydrogens (tertiary/aromatic N) is 2. The number of pyridine rings is 1. The van der Waals surface area contributed by atoms with Gasteiger partial charge in [-0.05, 0) is 85.1 Å². The van der Waals surface area contributed by atoms with Gasteiger partial charge in [-0.1, -0.05) is 136 Å². The van der Waals surface area contributed by atoms with Crippen LogP contribution in [0.5, 0.6) is 0 Å². The third-order valence-electron chi connectivity index (χ3n) is 8.27. The first-order valence-electron chi connectivity index (χ1n) is 14.9. The van der Waals surface area contributed by atoms with Crippen molar-refractivity contribution >= 4 is 38.7 Å². The lowest BCUT2D eigenvalue weighted by Gasteiger charge is -2.26. The Morgan fingerprint density at radius 2 is 0.884 bits per heavy atom. The van der Waals surface area contributed by atoms with Gasteiger partial charge in [-0.25, -0.2) is 4.98 Å². The minimum absolute atomic E-state index is 0.0480. The highest BCUT2D eigenvalue weighted by Crippen LogP contribution is 2.44. The van der Waals surface area contributed by atoms with Gasteiger partial charge in [-0.15, -0.1) is 0 Å². The molecule has 2 nitrogen and oxygen atoms in total. The van der Waals surface area contributed by atoms with E-state index in [1.54, 1.807) is 0 Å². The van der Waals surface area contributed by atoms with E-state index < -0.39 is 0 Å². The van der Waals surface area contributed by atoms with Crippen LogP contribution in [0.3, 0.4) is 0 Å². The second-order valence-electron chi connectivity index (χ2n) is 12.1. The first kappa shape index (κ1) is 26.7. The molecule has 2 heteroatoms. The fraction of sp³-hybridized carbons (Fsp3) is 0.0976. The molecule has 0 bridgehead atoms. The summed E-state index contributed by atoms with van der Waals surface area (Å²) in [4.78, 5) is 7.15. The molecule has 0 unspecified atom stereocenters. The quantitative estimate of drug-likeness (QED) is 0.197. The van der Waals surface area contributed by atoms with Crippen molar-refractivity contribution in [1.29, 1.82) is 0 Å². The Balaban J connectivity index is 1.39. The second-order valence-corrected chi connectivity index (χ2v) is 12.1. The molecule has 7 aromatic rings. The molecule has 0 spiro atoms. The van der Waals surface area contributed by atoms with Crippen LogP contribution in [-0.2, 0) is 5.41 Å². The van der Waals surface area contributed by atoms with Crippen molar-refractivity contribution in [2.24, 2.45) is 0 Å². The van der Waals surface area contributed by atoms with Crippen molar-refractivity contribution in [3.8, 4) is 22.3 Å². The number of anilines is 3. The molecule has 0 saturated heterocycles.